The summed E-state index contributed by atoms with van der Waals surface area (Å²) in [6.07, 6.45) is 0.873. The maximum atomic E-state index is 12.9. The Morgan fingerprint density at radius 1 is 1.11 bits per heavy atom. The van der Waals surface area contributed by atoms with Crippen molar-refractivity contribution in [2.24, 2.45) is 5.92 Å². The first kappa shape index (κ1) is 24.4. The molecule has 0 saturated heterocycles. The summed E-state index contributed by atoms with van der Waals surface area (Å²) in [6, 6.07) is 23.9. The fourth-order valence-electron chi connectivity index (χ4n) is 4.33. The molecule has 0 radical (unpaired) electrons. The van der Waals surface area contributed by atoms with Gasteiger partial charge in [0.25, 0.3) is 0 Å². The number of aromatic nitrogens is 3. The van der Waals surface area contributed by atoms with Crippen molar-refractivity contribution in [2.45, 2.75) is 36.7 Å². The van der Waals surface area contributed by atoms with Crippen LogP contribution in [0.1, 0.15) is 34.9 Å². The average Bonchev–Trinajstić information content (AvgIpc) is 3.62. The highest BCUT2D eigenvalue weighted by Crippen LogP contribution is 2.47. The maximum Gasteiger partial charge on any atom is 0.224 e. The van der Waals surface area contributed by atoms with E-state index in [2.05, 4.69) is 33.7 Å². The van der Waals surface area contributed by atoms with Gasteiger partial charge in [-0.2, -0.15) is 0 Å². The van der Waals surface area contributed by atoms with E-state index < -0.39 is 0 Å². The summed E-state index contributed by atoms with van der Waals surface area (Å²) < 4.78 is 7.34. The molecule has 0 aliphatic heterocycles. The lowest BCUT2D eigenvalue weighted by Gasteiger charge is -2.14. The number of rotatable bonds is 9. The predicted octanol–water partition coefficient (Wildman–Crippen LogP) is 5.95. The number of nitrogens with one attached hydrogen (secondary N) is 1. The van der Waals surface area contributed by atoms with Gasteiger partial charge < -0.3 is 10.1 Å². The molecule has 1 aliphatic rings. The number of methoxy groups -OCH3 is 1. The molecule has 0 spiro atoms. The number of carbonyl (C=O) groups is 1. The minimum atomic E-state index is -0.00131. The van der Waals surface area contributed by atoms with Crippen LogP contribution in [0.4, 0.5) is 0 Å². The van der Waals surface area contributed by atoms with E-state index in [9.17, 15) is 4.79 Å². The van der Waals surface area contributed by atoms with Crippen LogP contribution in [0.2, 0.25) is 5.02 Å². The van der Waals surface area contributed by atoms with Gasteiger partial charge in [0.1, 0.15) is 5.75 Å². The van der Waals surface area contributed by atoms with E-state index in [0.717, 1.165) is 34.1 Å². The van der Waals surface area contributed by atoms with Crippen molar-refractivity contribution in [1.29, 1.82) is 0 Å². The second kappa shape index (κ2) is 10.8. The van der Waals surface area contributed by atoms with Crippen LogP contribution in [-0.2, 0) is 17.1 Å². The zero-order valence-corrected chi connectivity index (χ0v) is 21.7. The molecular weight excluding hydrogens is 492 g/mol. The van der Waals surface area contributed by atoms with Crippen molar-refractivity contribution in [3.8, 4) is 11.4 Å². The van der Waals surface area contributed by atoms with Gasteiger partial charge >= 0.3 is 0 Å². The van der Waals surface area contributed by atoms with E-state index in [4.69, 9.17) is 16.3 Å². The van der Waals surface area contributed by atoms with Crippen LogP contribution in [0.25, 0.3) is 5.69 Å². The minimum Gasteiger partial charge on any atom is -0.497 e. The molecule has 5 rings (SSSR count). The van der Waals surface area contributed by atoms with Crippen molar-refractivity contribution in [3.63, 3.8) is 0 Å². The van der Waals surface area contributed by atoms with Crippen molar-refractivity contribution in [2.75, 3.05) is 7.11 Å². The fraction of sp³-hybridized carbons (Fsp3) is 0.250. The van der Waals surface area contributed by atoms with Crippen LogP contribution in [0.15, 0.2) is 78.0 Å². The molecule has 4 aromatic rings. The number of thioether (sulfide) groups is 1. The van der Waals surface area contributed by atoms with Gasteiger partial charge in [0.15, 0.2) is 11.0 Å². The summed E-state index contributed by atoms with van der Waals surface area (Å²) in [5.41, 5.74) is 4.28. The first-order valence-electron chi connectivity index (χ1n) is 11.8. The van der Waals surface area contributed by atoms with E-state index in [1.807, 2.05) is 66.1 Å². The number of benzene rings is 3. The van der Waals surface area contributed by atoms with Gasteiger partial charge in [0, 0.05) is 16.7 Å². The van der Waals surface area contributed by atoms with Crippen LogP contribution < -0.4 is 10.1 Å². The molecule has 36 heavy (non-hydrogen) atoms. The third-order valence-electron chi connectivity index (χ3n) is 6.39. The van der Waals surface area contributed by atoms with Crippen molar-refractivity contribution >= 4 is 29.3 Å². The Kier molecular flexibility index (Phi) is 7.30. The SMILES string of the molecule is COc1cccc(CSc2nnc(CNC(=O)C3CC3c3ccccc3)n2-c2cc(Cl)ccc2C)c1. The van der Waals surface area contributed by atoms with Crippen LogP contribution in [0, 0.1) is 12.8 Å². The molecule has 1 amide bonds. The molecule has 8 heteroatoms. The molecule has 2 unspecified atom stereocenters. The summed E-state index contributed by atoms with van der Waals surface area (Å²) in [4.78, 5) is 12.9. The molecule has 1 heterocycles. The zero-order chi connectivity index (χ0) is 25.1. The van der Waals surface area contributed by atoms with Gasteiger partial charge in [-0.05, 0) is 60.2 Å². The standard InChI is InChI=1S/C28H27ClN4O2S/c1-18-11-12-21(29)14-25(18)33-26(16-30-27(34)24-15-23(24)20-8-4-3-5-9-20)31-32-28(33)36-17-19-7-6-10-22(13-19)35-2/h3-14,23-24H,15-17H2,1-2H3,(H,30,34). The highest BCUT2D eigenvalue weighted by Gasteiger charge is 2.43. The highest BCUT2D eigenvalue weighted by atomic mass is 35.5. The summed E-state index contributed by atoms with van der Waals surface area (Å²) in [5, 5.41) is 13.4. The zero-order valence-electron chi connectivity index (χ0n) is 20.1. The van der Waals surface area contributed by atoms with Crippen LogP contribution in [0.5, 0.6) is 5.75 Å². The van der Waals surface area contributed by atoms with Gasteiger partial charge in [-0.15, -0.1) is 10.2 Å². The van der Waals surface area contributed by atoms with Gasteiger partial charge in [-0.25, -0.2) is 0 Å². The van der Waals surface area contributed by atoms with Crippen LogP contribution in [-0.4, -0.2) is 27.8 Å². The molecule has 6 nitrogen and oxygen atoms in total. The summed E-state index contributed by atoms with van der Waals surface area (Å²) in [5.74, 6) is 2.51. The average molecular weight is 519 g/mol. The number of hydrogen-bond acceptors (Lipinski definition) is 5. The van der Waals surface area contributed by atoms with Crippen molar-refractivity contribution in [3.05, 3.63) is 100 Å². The van der Waals surface area contributed by atoms with Gasteiger partial charge in [-0.3, -0.25) is 9.36 Å². The topological polar surface area (TPSA) is 69.0 Å². The third-order valence-corrected chi connectivity index (χ3v) is 7.63. The van der Waals surface area contributed by atoms with Gasteiger partial charge in [0.2, 0.25) is 5.91 Å². The Morgan fingerprint density at radius 2 is 1.94 bits per heavy atom. The van der Waals surface area contributed by atoms with E-state index in [1.165, 1.54) is 5.56 Å². The molecule has 0 bridgehead atoms. The van der Waals surface area contributed by atoms with Gasteiger partial charge in [-0.1, -0.05) is 71.9 Å². The largest absolute Gasteiger partial charge is 0.497 e. The lowest BCUT2D eigenvalue weighted by Crippen LogP contribution is -2.26. The monoisotopic (exact) mass is 518 g/mol. The Hall–Kier alpha value is -3.29. The lowest BCUT2D eigenvalue weighted by molar-refractivity contribution is -0.122. The van der Waals surface area contributed by atoms with E-state index in [0.29, 0.717) is 16.6 Å². The molecule has 1 fully saturated rings. The molecule has 2 atom stereocenters. The van der Waals surface area contributed by atoms with Crippen LogP contribution >= 0.6 is 23.4 Å². The quantitative estimate of drug-likeness (QED) is 0.277. The third kappa shape index (κ3) is 5.42. The second-order valence-electron chi connectivity index (χ2n) is 8.88. The normalized spacial score (nSPS) is 16.5. The Bertz CT molecular complexity index is 1380. The van der Waals surface area contributed by atoms with Crippen molar-refractivity contribution < 1.29 is 9.53 Å². The molecule has 1 aromatic heterocycles. The van der Waals surface area contributed by atoms with E-state index >= 15 is 0 Å². The van der Waals surface area contributed by atoms with Crippen LogP contribution in [0.3, 0.4) is 0 Å². The first-order chi connectivity index (χ1) is 17.5. The Balaban J connectivity index is 1.35. The molecule has 1 saturated carbocycles. The predicted molar refractivity (Wildman–Crippen MR) is 143 cm³/mol. The highest BCUT2D eigenvalue weighted by molar-refractivity contribution is 7.98. The second-order valence-corrected chi connectivity index (χ2v) is 10.3. The summed E-state index contributed by atoms with van der Waals surface area (Å²) in [6.45, 7) is 2.31. The number of ether oxygens (including phenoxy) is 1. The fourth-order valence-corrected chi connectivity index (χ4v) is 5.41. The van der Waals surface area contributed by atoms with E-state index in [1.54, 1.807) is 18.9 Å². The number of carbonyl (C=O) groups excluding carboxylic acids is 1. The number of nitrogens with zero attached hydrogens (tertiary/aromatic N) is 3. The molecular formula is C28H27ClN4O2S. The Labute approximate surface area is 220 Å². The van der Waals surface area contributed by atoms with Crippen molar-refractivity contribution in [1.82, 2.24) is 20.1 Å². The number of halogens is 1. The number of amides is 1. The first-order valence-corrected chi connectivity index (χ1v) is 13.2. The smallest absolute Gasteiger partial charge is 0.224 e. The molecule has 184 valence electrons. The van der Waals surface area contributed by atoms with Gasteiger partial charge in [0.05, 0.1) is 19.3 Å². The summed E-state index contributed by atoms with van der Waals surface area (Å²) in [7, 11) is 1.66. The molecule has 1 aliphatic carbocycles. The maximum absolute atomic E-state index is 12.9. The number of hydrogen-bond donors (Lipinski definition) is 1. The minimum absolute atomic E-state index is 0.00131. The Morgan fingerprint density at radius 3 is 2.75 bits per heavy atom. The lowest BCUT2D eigenvalue weighted by atomic mass is 10.1. The van der Waals surface area contributed by atoms with E-state index in [-0.39, 0.29) is 24.3 Å². The molecule has 1 N–H and O–H groups in total. The summed E-state index contributed by atoms with van der Waals surface area (Å²) >= 11 is 7.93. The molecule has 3 aromatic carbocycles. The number of aryl methyl sites for hydroxylation is 1.